The smallest absolute Gasteiger partial charge is 0.410 e. The highest BCUT2D eigenvalue weighted by Crippen LogP contribution is 2.19. The molecule has 0 radical (unpaired) electrons. The molecule has 1 aliphatic rings. The molecule has 0 bridgehead atoms. The third kappa shape index (κ3) is 5.93. The quantitative estimate of drug-likeness (QED) is 0.597. The molecule has 0 aliphatic carbocycles. The summed E-state index contributed by atoms with van der Waals surface area (Å²) in [6.45, 7) is 5.99. The summed E-state index contributed by atoms with van der Waals surface area (Å²) in [5, 5.41) is 10.8. The molecule has 152 valence electrons. The van der Waals surface area contributed by atoms with Crippen molar-refractivity contribution in [2.24, 2.45) is 5.92 Å². The van der Waals surface area contributed by atoms with Crippen LogP contribution in [0.4, 0.5) is 10.5 Å². The summed E-state index contributed by atoms with van der Waals surface area (Å²) in [6.07, 6.45) is 0.721. The number of rotatable bonds is 3. The van der Waals surface area contributed by atoms with Gasteiger partial charge in [0.2, 0.25) is 5.91 Å². The second-order valence-electron chi connectivity index (χ2n) is 7.52. The molecule has 1 atom stereocenters. The summed E-state index contributed by atoms with van der Waals surface area (Å²) in [7, 11) is 0. The highest BCUT2D eigenvalue weighted by molar-refractivity contribution is 5.96. The van der Waals surface area contributed by atoms with Crippen molar-refractivity contribution in [3.05, 3.63) is 39.9 Å². The Labute approximate surface area is 162 Å². The van der Waals surface area contributed by atoms with E-state index in [9.17, 15) is 24.5 Å². The number of non-ortho nitro benzene ring substituents is 1. The number of hydrogen-bond acceptors (Lipinski definition) is 6. The fourth-order valence-corrected chi connectivity index (χ4v) is 2.74. The molecule has 28 heavy (non-hydrogen) atoms. The topological polar surface area (TPSA) is 131 Å². The van der Waals surface area contributed by atoms with Gasteiger partial charge in [-0.25, -0.2) is 4.79 Å². The number of amides is 3. The lowest BCUT2D eigenvalue weighted by atomic mass is 9.98. The minimum Gasteiger partial charge on any atom is -0.444 e. The fourth-order valence-electron chi connectivity index (χ4n) is 2.74. The first-order chi connectivity index (χ1) is 13.1. The number of carbonyl (C=O) groups is 3. The first-order valence-corrected chi connectivity index (χ1v) is 8.89. The maximum atomic E-state index is 12.3. The first-order valence-electron chi connectivity index (χ1n) is 8.89. The van der Waals surface area contributed by atoms with E-state index >= 15 is 0 Å². The number of nitro groups is 1. The van der Waals surface area contributed by atoms with E-state index in [4.69, 9.17) is 4.74 Å². The molecule has 10 heteroatoms. The van der Waals surface area contributed by atoms with Gasteiger partial charge in [0.1, 0.15) is 5.60 Å². The molecule has 10 nitrogen and oxygen atoms in total. The lowest BCUT2D eigenvalue weighted by Gasteiger charge is -2.33. The summed E-state index contributed by atoms with van der Waals surface area (Å²) in [4.78, 5) is 48.3. The second kappa shape index (κ2) is 8.68. The Balaban J connectivity index is 1.90. The van der Waals surface area contributed by atoms with E-state index in [0.717, 1.165) is 6.07 Å². The Kier molecular flexibility index (Phi) is 6.55. The van der Waals surface area contributed by atoms with Crippen LogP contribution in [0.15, 0.2) is 24.3 Å². The lowest BCUT2D eigenvalue weighted by molar-refractivity contribution is -0.384. The molecule has 1 fully saturated rings. The van der Waals surface area contributed by atoms with Crippen LogP contribution in [-0.2, 0) is 9.53 Å². The Hall–Kier alpha value is -3.17. The van der Waals surface area contributed by atoms with Gasteiger partial charge in [0.15, 0.2) is 0 Å². The van der Waals surface area contributed by atoms with E-state index in [2.05, 4.69) is 10.9 Å². The van der Waals surface area contributed by atoms with Crippen LogP contribution in [0.3, 0.4) is 0 Å². The van der Waals surface area contributed by atoms with Crippen LogP contribution >= 0.6 is 0 Å². The van der Waals surface area contributed by atoms with E-state index in [1.54, 1.807) is 20.8 Å². The Morgan fingerprint density at radius 3 is 2.61 bits per heavy atom. The van der Waals surface area contributed by atoms with Gasteiger partial charge in [0, 0.05) is 30.8 Å². The van der Waals surface area contributed by atoms with E-state index in [1.165, 1.54) is 23.1 Å². The Morgan fingerprint density at radius 2 is 1.96 bits per heavy atom. The molecule has 2 N–H and O–H groups in total. The average Bonchev–Trinajstić information content (AvgIpc) is 2.64. The van der Waals surface area contributed by atoms with Gasteiger partial charge in [0.05, 0.1) is 10.8 Å². The number of ether oxygens (including phenoxy) is 1. The molecule has 0 spiro atoms. The monoisotopic (exact) mass is 392 g/mol. The molecule has 1 unspecified atom stereocenters. The molecule has 1 aliphatic heterocycles. The van der Waals surface area contributed by atoms with Gasteiger partial charge in [-0.05, 0) is 39.7 Å². The highest BCUT2D eigenvalue weighted by atomic mass is 16.6. The lowest BCUT2D eigenvalue weighted by Crippen LogP contribution is -2.50. The molecule has 1 aromatic rings. The normalized spacial score (nSPS) is 16.8. The number of piperidine rings is 1. The molecule has 1 aromatic carbocycles. The van der Waals surface area contributed by atoms with Gasteiger partial charge < -0.3 is 9.64 Å². The van der Waals surface area contributed by atoms with Gasteiger partial charge >= 0.3 is 6.09 Å². The maximum absolute atomic E-state index is 12.3. The first kappa shape index (κ1) is 21.1. The third-order valence-corrected chi connectivity index (χ3v) is 4.06. The molecule has 2 rings (SSSR count). The van der Waals surface area contributed by atoms with Crippen molar-refractivity contribution in [1.82, 2.24) is 15.8 Å². The van der Waals surface area contributed by atoms with E-state index in [-0.39, 0.29) is 17.8 Å². The van der Waals surface area contributed by atoms with Crippen molar-refractivity contribution in [2.45, 2.75) is 39.2 Å². The predicted octanol–water partition coefficient (Wildman–Crippen LogP) is 2.00. The number of likely N-dealkylation sites (tertiary alicyclic amines) is 1. The van der Waals surface area contributed by atoms with Gasteiger partial charge in [-0.1, -0.05) is 6.07 Å². The minimum absolute atomic E-state index is 0.0496. The SMILES string of the molecule is CC(C)(C)OC(=O)N1CCCC(C(=O)NNC(=O)c2cccc([N+](=O)[O-])c2)C1. The van der Waals surface area contributed by atoms with Crippen molar-refractivity contribution >= 4 is 23.6 Å². The molecule has 0 aromatic heterocycles. The van der Waals surface area contributed by atoms with Crippen LogP contribution in [0.1, 0.15) is 44.0 Å². The number of benzene rings is 1. The Morgan fingerprint density at radius 1 is 1.25 bits per heavy atom. The third-order valence-electron chi connectivity index (χ3n) is 4.06. The van der Waals surface area contributed by atoms with Crippen LogP contribution in [0.25, 0.3) is 0 Å². The van der Waals surface area contributed by atoms with Crippen LogP contribution in [-0.4, -0.2) is 46.4 Å². The standard InChI is InChI=1S/C18H24N4O6/c1-18(2,3)28-17(25)21-9-5-7-13(11-21)16(24)20-19-15(23)12-6-4-8-14(10-12)22(26)27/h4,6,8,10,13H,5,7,9,11H2,1-3H3,(H,19,23)(H,20,24). The van der Waals surface area contributed by atoms with Crippen molar-refractivity contribution in [2.75, 3.05) is 13.1 Å². The predicted molar refractivity (Wildman–Crippen MR) is 99.2 cm³/mol. The zero-order valence-electron chi connectivity index (χ0n) is 16.1. The fraction of sp³-hybridized carbons (Fsp3) is 0.500. The van der Waals surface area contributed by atoms with Crippen LogP contribution in [0, 0.1) is 16.0 Å². The summed E-state index contributed by atoms with van der Waals surface area (Å²) in [6, 6.07) is 5.17. The number of nitrogens with one attached hydrogen (secondary N) is 2. The van der Waals surface area contributed by atoms with Gasteiger partial charge in [-0.2, -0.15) is 0 Å². The number of nitrogens with zero attached hydrogens (tertiary/aromatic N) is 2. The molecule has 0 saturated carbocycles. The van der Waals surface area contributed by atoms with Crippen molar-refractivity contribution in [3.63, 3.8) is 0 Å². The number of hydrazine groups is 1. The summed E-state index contributed by atoms with van der Waals surface area (Å²) in [5.74, 6) is -1.60. The minimum atomic E-state index is -0.670. The zero-order chi connectivity index (χ0) is 20.9. The van der Waals surface area contributed by atoms with Crippen LogP contribution < -0.4 is 10.9 Å². The van der Waals surface area contributed by atoms with E-state index in [1.807, 2.05) is 0 Å². The number of hydrogen-bond donors (Lipinski definition) is 2. The number of nitro benzene ring substituents is 1. The average molecular weight is 392 g/mol. The van der Waals surface area contributed by atoms with Crippen molar-refractivity contribution in [1.29, 1.82) is 0 Å². The van der Waals surface area contributed by atoms with Crippen molar-refractivity contribution in [3.8, 4) is 0 Å². The van der Waals surface area contributed by atoms with Gasteiger partial charge in [-0.3, -0.25) is 30.6 Å². The zero-order valence-corrected chi connectivity index (χ0v) is 16.1. The summed E-state index contributed by atoms with van der Waals surface area (Å²) in [5.41, 5.74) is 3.77. The van der Waals surface area contributed by atoms with Crippen molar-refractivity contribution < 1.29 is 24.0 Å². The summed E-state index contributed by atoms with van der Waals surface area (Å²) < 4.78 is 5.32. The van der Waals surface area contributed by atoms with Crippen LogP contribution in [0.2, 0.25) is 0 Å². The van der Waals surface area contributed by atoms with Crippen LogP contribution in [0.5, 0.6) is 0 Å². The second-order valence-corrected chi connectivity index (χ2v) is 7.52. The molecular formula is C18H24N4O6. The van der Waals surface area contributed by atoms with Gasteiger partial charge in [-0.15, -0.1) is 0 Å². The molecule has 1 heterocycles. The summed E-state index contributed by atoms with van der Waals surface area (Å²) >= 11 is 0. The molecule has 1 saturated heterocycles. The number of carbonyl (C=O) groups excluding carboxylic acids is 3. The van der Waals surface area contributed by atoms with E-state index in [0.29, 0.717) is 19.4 Å². The Bertz CT molecular complexity index is 774. The molecule has 3 amide bonds. The molecular weight excluding hydrogens is 368 g/mol. The van der Waals surface area contributed by atoms with Gasteiger partial charge in [0.25, 0.3) is 11.6 Å². The highest BCUT2D eigenvalue weighted by Gasteiger charge is 2.31. The van der Waals surface area contributed by atoms with E-state index < -0.39 is 34.3 Å². The maximum Gasteiger partial charge on any atom is 0.410 e. The largest absolute Gasteiger partial charge is 0.444 e.